The summed E-state index contributed by atoms with van der Waals surface area (Å²) in [6, 6.07) is 23.2. The van der Waals surface area contributed by atoms with Crippen molar-refractivity contribution in [3.05, 3.63) is 90.5 Å². The van der Waals surface area contributed by atoms with E-state index in [1.165, 1.54) is 0 Å². The molecular weight excluding hydrogens is 388 g/mol. The maximum atomic E-state index is 9.23. The van der Waals surface area contributed by atoms with Gasteiger partial charge in [-0.1, -0.05) is 30.3 Å². The molecule has 0 bridgehead atoms. The van der Waals surface area contributed by atoms with Gasteiger partial charge in [0, 0.05) is 23.0 Å². The SMILES string of the molecule is Cc1ncc(-c2ccc(-n3cccc3C#N)cc2)nc1-c1nnc(-c2ccccc2)o1. The Morgan fingerprint density at radius 1 is 0.871 bits per heavy atom. The summed E-state index contributed by atoms with van der Waals surface area (Å²) in [6.45, 7) is 1.86. The number of hydrogen-bond acceptors (Lipinski definition) is 6. The highest BCUT2D eigenvalue weighted by Gasteiger charge is 2.16. The van der Waals surface area contributed by atoms with Gasteiger partial charge in [-0.05, 0) is 43.3 Å². The van der Waals surface area contributed by atoms with E-state index in [2.05, 4.69) is 21.3 Å². The lowest BCUT2D eigenvalue weighted by Crippen LogP contribution is -1.97. The summed E-state index contributed by atoms with van der Waals surface area (Å²) < 4.78 is 7.70. The highest BCUT2D eigenvalue weighted by atomic mass is 16.4. The highest BCUT2D eigenvalue weighted by molar-refractivity contribution is 5.64. The molecule has 7 nitrogen and oxygen atoms in total. The van der Waals surface area contributed by atoms with Crippen molar-refractivity contribution in [2.45, 2.75) is 6.92 Å². The molecule has 3 heterocycles. The topological polar surface area (TPSA) is 93.4 Å². The standard InChI is InChI=1S/C24H16N6O/c1-16-22(24-29-28-23(31-24)18-6-3-2-4-7-18)27-21(15-26-16)17-9-11-19(12-10-17)30-13-5-8-20(30)14-25/h2-13,15H,1H3. The molecule has 148 valence electrons. The average molecular weight is 404 g/mol. The molecule has 2 aromatic carbocycles. The van der Waals surface area contributed by atoms with E-state index in [4.69, 9.17) is 9.40 Å². The fourth-order valence-corrected chi connectivity index (χ4v) is 3.30. The molecule has 0 saturated heterocycles. The molecule has 5 aromatic rings. The summed E-state index contributed by atoms with van der Waals surface area (Å²) in [5, 5.41) is 17.6. The summed E-state index contributed by atoms with van der Waals surface area (Å²) >= 11 is 0. The Labute approximate surface area is 178 Å². The van der Waals surface area contributed by atoms with Crippen molar-refractivity contribution in [2.24, 2.45) is 0 Å². The maximum absolute atomic E-state index is 9.23. The minimum atomic E-state index is 0.327. The van der Waals surface area contributed by atoms with Crippen molar-refractivity contribution in [3.8, 4) is 46.1 Å². The van der Waals surface area contributed by atoms with Crippen LogP contribution in [0.4, 0.5) is 0 Å². The second kappa shape index (κ2) is 7.69. The number of hydrogen-bond donors (Lipinski definition) is 0. The van der Waals surface area contributed by atoms with Gasteiger partial charge in [-0.25, -0.2) is 4.98 Å². The van der Waals surface area contributed by atoms with Crippen LogP contribution in [0.3, 0.4) is 0 Å². The van der Waals surface area contributed by atoms with Gasteiger partial charge in [0.1, 0.15) is 17.5 Å². The van der Waals surface area contributed by atoms with Gasteiger partial charge in [-0.2, -0.15) is 5.26 Å². The first-order valence-corrected chi connectivity index (χ1v) is 9.64. The van der Waals surface area contributed by atoms with Crippen LogP contribution in [0, 0.1) is 18.3 Å². The van der Waals surface area contributed by atoms with Gasteiger partial charge in [0.05, 0.1) is 17.6 Å². The molecular formula is C24H16N6O. The molecule has 3 aromatic heterocycles. The molecule has 0 amide bonds. The van der Waals surface area contributed by atoms with Crippen LogP contribution in [-0.2, 0) is 0 Å². The Balaban J connectivity index is 1.48. The highest BCUT2D eigenvalue weighted by Crippen LogP contribution is 2.27. The summed E-state index contributed by atoms with van der Waals surface area (Å²) in [5.74, 6) is 0.764. The second-order valence-electron chi connectivity index (χ2n) is 6.89. The second-order valence-corrected chi connectivity index (χ2v) is 6.89. The van der Waals surface area contributed by atoms with E-state index in [9.17, 15) is 5.26 Å². The first-order chi connectivity index (χ1) is 15.2. The van der Waals surface area contributed by atoms with Crippen molar-refractivity contribution in [1.82, 2.24) is 24.7 Å². The number of aromatic nitrogens is 5. The third-order valence-electron chi connectivity index (χ3n) is 4.91. The van der Waals surface area contributed by atoms with Crippen LogP contribution in [0.15, 0.2) is 83.5 Å². The van der Waals surface area contributed by atoms with Crippen LogP contribution < -0.4 is 0 Å². The molecule has 0 atom stereocenters. The number of rotatable bonds is 4. The molecule has 31 heavy (non-hydrogen) atoms. The zero-order valence-corrected chi connectivity index (χ0v) is 16.6. The Bertz CT molecular complexity index is 1390. The summed E-state index contributed by atoms with van der Waals surface area (Å²) in [6.07, 6.45) is 3.58. The first kappa shape index (κ1) is 18.5. The molecule has 5 rings (SSSR count). The predicted molar refractivity (Wildman–Crippen MR) is 115 cm³/mol. The lowest BCUT2D eigenvalue weighted by Gasteiger charge is -2.08. The van der Waals surface area contributed by atoms with Gasteiger partial charge in [-0.15, -0.1) is 10.2 Å². The van der Waals surface area contributed by atoms with Crippen molar-refractivity contribution < 1.29 is 4.42 Å². The zero-order chi connectivity index (χ0) is 21.2. The Kier molecular flexibility index (Phi) is 4.58. The number of nitriles is 1. The van der Waals surface area contributed by atoms with E-state index in [1.54, 1.807) is 12.3 Å². The fraction of sp³-hybridized carbons (Fsp3) is 0.0417. The number of nitrogens with zero attached hydrogens (tertiary/aromatic N) is 6. The van der Waals surface area contributed by atoms with Gasteiger partial charge in [-0.3, -0.25) is 4.98 Å². The van der Waals surface area contributed by atoms with E-state index < -0.39 is 0 Å². The molecule has 0 N–H and O–H groups in total. The molecule has 0 unspecified atom stereocenters. The monoisotopic (exact) mass is 404 g/mol. The van der Waals surface area contributed by atoms with Crippen LogP contribution in [0.5, 0.6) is 0 Å². The van der Waals surface area contributed by atoms with Crippen LogP contribution in [0.25, 0.3) is 40.0 Å². The van der Waals surface area contributed by atoms with Gasteiger partial charge >= 0.3 is 0 Å². The minimum absolute atomic E-state index is 0.327. The van der Waals surface area contributed by atoms with Gasteiger partial charge in [0.25, 0.3) is 5.89 Å². The maximum Gasteiger partial charge on any atom is 0.268 e. The normalized spacial score (nSPS) is 10.7. The summed E-state index contributed by atoms with van der Waals surface area (Å²) in [7, 11) is 0. The van der Waals surface area contributed by atoms with Crippen LogP contribution in [0.2, 0.25) is 0 Å². The molecule has 0 saturated carbocycles. The molecule has 0 aliphatic heterocycles. The quantitative estimate of drug-likeness (QED) is 0.426. The van der Waals surface area contributed by atoms with Crippen molar-refractivity contribution in [1.29, 1.82) is 5.26 Å². The Hall–Kier alpha value is -4.57. The van der Waals surface area contributed by atoms with Gasteiger partial charge in [0.2, 0.25) is 5.89 Å². The first-order valence-electron chi connectivity index (χ1n) is 9.64. The van der Waals surface area contributed by atoms with Crippen LogP contribution in [-0.4, -0.2) is 24.7 Å². The number of benzene rings is 2. The smallest absolute Gasteiger partial charge is 0.268 e. The summed E-state index contributed by atoms with van der Waals surface area (Å²) in [4.78, 5) is 9.20. The molecule has 0 fully saturated rings. The van der Waals surface area contributed by atoms with Crippen molar-refractivity contribution in [3.63, 3.8) is 0 Å². The average Bonchev–Trinajstić information content (AvgIpc) is 3.50. The predicted octanol–water partition coefficient (Wildman–Crippen LogP) is 4.83. The van der Waals surface area contributed by atoms with E-state index >= 15 is 0 Å². The number of aryl methyl sites for hydroxylation is 1. The third kappa shape index (κ3) is 3.47. The van der Waals surface area contributed by atoms with Crippen molar-refractivity contribution in [2.75, 3.05) is 0 Å². The van der Waals surface area contributed by atoms with E-state index in [0.717, 1.165) is 16.8 Å². The van der Waals surface area contributed by atoms with Crippen LogP contribution >= 0.6 is 0 Å². The largest absolute Gasteiger partial charge is 0.415 e. The molecule has 0 aliphatic rings. The van der Waals surface area contributed by atoms with Gasteiger partial charge < -0.3 is 8.98 Å². The van der Waals surface area contributed by atoms with Gasteiger partial charge in [0.15, 0.2) is 0 Å². The molecule has 0 radical (unpaired) electrons. The van der Waals surface area contributed by atoms with E-state index in [0.29, 0.717) is 34.6 Å². The third-order valence-corrected chi connectivity index (χ3v) is 4.91. The Morgan fingerprint density at radius 3 is 2.42 bits per heavy atom. The lowest BCUT2D eigenvalue weighted by atomic mass is 10.1. The van der Waals surface area contributed by atoms with E-state index in [-0.39, 0.29) is 0 Å². The molecule has 0 spiro atoms. The minimum Gasteiger partial charge on any atom is -0.415 e. The lowest BCUT2D eigenvalue weighted by molar-refractivity contribution is 0.581. The fourth-order valence-electron chi connectivity index (χ4n) is 3.30. The Morgan fingerprint density at radius 2 is 1.65 bits per heavy atom. The molecule has 7 heteroatoms. The van der Waals surface area contributed by atoms with Crippen LogP contribution in [0.1, 0.15) is 11.4 Å². The summed E-state index contributed by atoms with van der Waals surface area (Å²) in [5.41, 5.74) is 5.17. The molecule has 0 aliphatic carbocycles. The van der Waals surface area contributed by atoms with E-state index in [1.807, 2.05) is 78.4 Å². The van der Waals surface area contributed by atoms with Crippen molar-refractivity contribution >= 4 is 0 Å². The zero-order valence-electron chi connectivity index (χ0n) is 16.6.